The molecule has 0 aromatic carbocycles. The summed E-state index contributed by atoms with van der Waals surface area (Å²) in [5.41, 5.74) is 6.93. The van der Waals surface area contributed by atoms with Crippen molar-refractivity contribution in [3.63, 3.8) is 0 Å². The van der Waals surface area contributed by atoms with Crippen molar-refractivity contribution >= 4 is 22.9 Å². The number of imidazole rings is 1. The van der Waals surface area contributed by atoms with Crippen LogP contribution in [0.2, 0.25) is 0 Å². The van der Waals surface area contributed by atoms with Crippen molar-refractivity contribution in [1.82, 2.24) is 19.5 Å². The number of hydrogen-bond donors (Lipinski definition) is 3. The van der Waals surface area contributed by atoms with Crippen molar-refractivity contribution in [2.24, 2.45) is 5.92 Å². The zero-order valence-corrected chi connectivity index (χ0v) is 14.3. The van der Waals surface area contributed by atoms with E-state index in [9.17, 15) is 4.79 Å². The van der Waals surface area contributed by atoms with E-state index >= 15 is 0 Å². The van der Waals surface area contributed by atoms with Gasteiger partial charge in [0.15, 0.2) is 11.5 Å². The summed E-state index contributed by atoms with van der Waals surface area (Å²) in [6, 6.07) is 0.251. The van der Waals surface area contributed by atoms with Gasteiger partial charge in [-0.25, -0.2) is 4.79 Å². The van der Waals surface area contributed by atoms with Crippen LogP contribution in [-0.2, 0) is 11.3 Å². The van der Waals surface area contributed by atoms with Crippen LogP contribution in [0.3, 0.4) is 0 Å². The Kier molecular flexibility index (Phi) is 5.03. The van der Waals surface area contributed by atoms with Gasteiger partial charge < -0.3 is 20.8 Å². The van der Waals surface area contributed by atoms with Gasteiger partial charge in [-0.1, -0.05) is 13.3 Å². The largest absolute Gasteiger partial charge is 0.382 e. The number of anilines is 2. The molecule has 1 aliphatic rings. The number of aromatic amines is 1. The second kappa shape index (κ2) is 7.21. The second-order valence-electron chi connectivity index (χ2n) is 6.56. The SMILES string of the molecule is CCCC(C)Nc1nc(N)c2[nH]c(=O)n(CC3CCOCC3)c2n1. The average Bonchev–Trinajstić information content (AvgIpc) is 2.86. The minimum Gasteiger partial charge on any atom is -0.382 e. The monoisotopic (exact) mass is 334 g/mol. The van der Waals surface area contributed by atoms with Crippen LogP contribution in [0.4, 0.5) is 11.8 Å². The predicted molar refractivity (Wildman–Crippen MR) is 94.1 cm³/mol. The summed E-state index contributed by atoms with van der Waals surface area (Å²) in [5.74, 6) is 1.19. The molecule has 3 heterocycles. The van der Waals surface area contributed by atoms with Crippen LogP contribution in [0.1, 0.15) is 39.5 Å². The molecule has 0 radical (unpaired) electrons. The topological polar surface area (TPSA) is 111 Å². The lowest BCUT2D eigenvalue weighted by molar-refractivity contribution is 0.0613. The number of hydrogen-bond acceptors (Lipinski definition) is 6. The first-order chi connectivity index (χ1) is 11.6. The molecule has 132 valence electrons. The third kappa shape index (κ3) is 3.53. The lowest BCUT2D eigenvalue weighted by Gasteiger charge is -2.22. The molecule has 8 nitrogen and oxygen atoms in total. The van der Waals surface area contributed by atoms with E-state index < -0.39 is 0 Å². The van der Waals surface area contributed by atoms with Gasteiger partial charge in [0.2, 0.25) is 5.95 Å². The number of nitrogen functional groups attached to an aromatic ring is 1. The molecular formula is C16H26N6O2. The molecule has 0 bridgehead atoms. The highest BCUT2D eigenvalue weighted by atomic mass is 16.5. The lowest BCUT2D eigenvalue weighted by atomic mass is 10.0. The normalized spacial score (nSPS) is 17.2. The molecule has 8 heteroatoms. The van der Waals surface area contributed by atoms with Crippen LogP contribution in [0.15, 0.2) is 4.79 Å². The molecule has 2 aromatic heterocycles. The fourth-order valence-corrected chi connectivity index (χ4v) is 3.20. The molecule has 1 unspecified atom stereocenters. The van der Waals surface area contributed by atoms with Gasteiger partial charge in [-0.2, -0.15) is 9.97 Å². The Labute approximate surface area is 140 Å². The zero-order valence-electron chi connectivity index (χ0n) is 14.3. The summed E-state index contributed by atoms with van der Waals surface area (Å²) in [7, 11) is 0. The van der Waals surface area contributed by atoms with Crippen LogP contribution in [0.25, 0.3) is 11.2 Å². The highest BCUT2D eigenvalue weighted by Crippen LogP contribution is 2.21. The maximum atomic E-state index is 12.3. The Hall–Kier alpha value is -2.09. The maximum Gasteiger partial charge on any atom is 0.327 e. The minimum atomic E-state index is -0.184. The number of fused-ring (bicyclic) bond motifs is 1. The van der Waals surface area contributed by atoms with Crippen LogP contribution < -0.4 is 16.7 Å². The van der Waals surface area contributed by atoms with Crippen LogP contribution in [-0.4, -0.2) is 38.8 Å². The van der Waals surface area contributed by atoms with Crippen molar-refractivity contribution in [2.45, 2.75) is 52.1 Å². The number of nitrogens with two attached hydrogens (primary N) is 1. The Morgan fingerprint density at radius 2 is 2.17 bits per heavy atom. The van der Waals surface area contributed by atoms with Gasteiger partial charge in [-0.15, -0.1) is 0 Å². The van der Waals surface area contributed by atoms with Crippen LogP contribution >= 0.6 is 0 Å². The first-order valence-corrected chi connectivity index (χ1v) is 8.68. The average molecular weight is 334 g/mol. The van der Waals surface area contributed by atoms with Gasteiger partial charge in [0.1, 0.15) is 5.52 Å². The van der Waals surface area contributed by atoms with Gasteiger partial charge >= 0.3 is 5.69 Å². The quantitative estimate of drug-likeness (QED) is 0.742. The van der Waals surface area contributed by atoms with Crippen molar-refractivity contribution in [3.05, 3.63) is 10.5 Å². The molecule has 1 fully saturated rings. The van der Waals surface area contributed by atoms with E-state index in [1.54, 1.807) is 4.57 Å². The van der Waals surface area contributed by atoms with Gasteiger partial charge in [0.25, 0.3) is 0 Å². The number of H-pyrrole nitrogens is 1. The molecule has 0 aliphatic carbocycles. The van der Waals surface area contributed by atoms with E-state index in [1.807, 2.05) is 0 Å². The molecule has 2 aromatic rings. The van der Waals surface area contributed by atoms with E-state index in [4.69, 9.17) is 10.5 Å². The van der Waals surface area contributed by atoms with Crippen LogP contribution in [0, 0.1) is 5.92 Å². The third-order valence-electron chi connectivity index (χ3n) is 4.53. The third-order valence-corrected chi connectivity index (χ3v) is 4.53. The Bertz CT molecular complexity index is 747. The molecule has 0 amide bonds. The zero-order chi connectivity index (χ0) is 17.1. The Morgan fingerprint density at radius 3 is 2.88 bits per heavy atom. The molecule has 24 heavy (non-hydrogen) atoms. The van der Waals surface area contributed by atoms with E-state index in [0.717, 1.165) is 38.9 Å². The van der Waals surface area contributed by atoms with Gasteiger partial charge in [0.05, 0.1) is 0 Å². The van der Waals surface area contributed by atoms with E-state index in [2.05, 4.69) is 34.1 Å². The molecule has 3 rings (SSSR count). The standard InChI is InChI=1S/C16H26N6O2/c1-3-4-10(2)18-15-20-13(17)12-14(21-15)22(16(23)19-12)9-11-5-7-24-8-6-11/h10-11H,3-9H2,1-2H3,(H,19,23)(H3,17,18,20,21). The smallest absolute Gasteiger partial charge is 0.327 e. The minimum absolute atomic E-state index is 0.184. The molecule has 1 saturated heterocycles. The fourth-order valence-electron chi connectivity index (χ4n) is 3.20. The van der Waals surface area contributed by atoms with E-state index in [0.29, 0.717) is 35.4 Å². The molecule has 4 N–H and O–H groups in total. The van der Waals surface area contributed by atoms with Gasteiger partial charge in [-0.3, -0.25) is 4.57 Å². The van der Waals surface area contributed by atoms with Crippen molar-refractivity contribution in [2.75, 3.05) is 24.3 Å². The highest BCUT2D eigenvalue weighted by molar-refractivity contribution is 5.82. The van der Waals surface area contributed by atoms with Crippen molar-refractivity contribution in [3.8, 4) is 0 Å². The number of rotatable bonds is 6. The first-order valence-electron chi connectivity index (χ1n) is 8.68. The number of nitrogens with zero attached hydrogens (tertiary/aromatic N) is 3. The summed E-state index contributed by atoms with van der Waals surface area (Å²) < 4.78 is 7.07. The molecule has 1 aliphatic heterocycles. The van der Waals surface area contributed by atoms with Gasteiger partial charge in [0, 0.05) is 25.8 Å². The molecule has 1 atom stereocenters. The summed E-state index contributed by atoms with van der Waals surface area (Å²) in [5, 5.41) is 3.26. The summed E-state index contributed by atoms with van der Waals surface area (Å²) in [6.07, 6.45) is 4.00. The second-order valence-corrected chi connectivity index (χ2v) is 6.56. The predicted octanol–water partition coefficient (Wildman–Crippen LogP) is 1.73. The van der Waals surface area contributed by atoms with Crippen molar-refractivity contribution < 1.29 is 4.74 Å². The van der Waals surface area contributed by atoms with E-state index in [1.165, 1.54) is 0 Å². The maximum absolute atomic E-state index is 12.3. The summed E-state index contributed by atoms with van der Waals surface area (Å²) in [4.78, 5) is 23.9. The molecular weight excluding hydrogens is 308 g/mol. The molecule has 0 spiro atoms. The summed E-state index contributed by atoms with van der Waals surface area (Å²) in [6.45, 7) is 6.34. The van der Waals surface area contributed by atoms with Crippen molar-refractivity contribution in [1.29, 1.82) is 0 Å². The number of nitrogens with one attached hydrogen (secondary N) is 2. The lowest BCUT2D eigenvalue weighted by Crippen LogP contribution is -2.26. The van der Waals surface area contributed by atoms with Gasteiger partial charge in [-0.05, 0) is 32.1 Å². The Balaban J connectivity index is 1.91. The molecule has 0 saturated carbocycles. The number of aromatic nitrogens is 4. The first kappa shape index (κ1) is 16.8. The number of ether oxygens (including phenoxy) is 1. The summed E-state index contributed by atoms with van der Waals surface area (Å²) >= 11 is 0. The van der Waals surface area contributed by atoms with E-state index in [-0.39, 0.29) is 11.7 Å². The fraction of sp³-hybridized carbons (Fsp3) is 0.688. The van der Waals surface area contributed by atoms with Crippen LogP contribution in [0.5, 0.6) is 0 Å². The highest BCUT2D eigenvalue weighted by Gasteiger charge is 2.20. The Morgan fingerprint density at radius 1 is 1.42 bits per heavy atom.